The molecule has 7 heteroatoms. The molecule has 0 radical (unpaired) electrons. The Balaban J connectivity index is 1.79. The molecule has 2 aromatic rings. The van der Waals surface area contributed by atoms with E-state index < -0.39 is 12.0 Å². The van der Waals surface area contributed by atoms with Gasteiger partial charge in [-0.3, -0.25) is 9.59 Å². The Bertz CT molecular complexity index is 784. The fourth-order valence-electron chi connectivity index (χ4n) is 2.59. The number of carbonyl (C=O) groups is 3. The first-order valence-corrected chi connectivity index (χ1v) is 10.8. The van der Waals surface area contributed by atoms with Gasteiger partial charge in [-0.2, -0.15) is 11.8 Å². The van der Waals surface area contributed by atoms with Gasteiger partial charge in [0.1, 0.15) is 6.04 Å². The van der Waals surface area contributed by atoms with E-state index in [1.54, 1.807) is 36.0 Å². The predicted molar refractivity (Wildman–Crippen MR) is 115 cm³/mol. The van der Waals surface area contributed by atoms with Crippen LogP contribution in [-0.2, 0) is 20.7 Å². The van der Waals surface area contributed by atoms with Gasteiger partial charge in [-0.15, -0.1) is 0 Å². The standard InChI is InChI=1S/C22H26N2O4S/c1-29-15-13-19(24-21(26)18-10-6-3-7-11-18)22(27)28-16-20(25)23-14-12-17-8-4-2-5-9-17/h2-11,19H,12-16H2,1H3,(H,23,25)(H,24,26). The van der Waals surface area contributed by atoms with Gasteiger partial charge in [0.25, 0.3) is 11.8 Å². The van der Waals surface area contributed by atoms with Crippen molar-refractivity contribution in [3.63, 3.8) is 0 Å². The Hall–Kier alpha value is -2.80. The molecular formula is C22H26N2O4S. The largest absolute Gasteiger partial charge is 0.454 e. The summed E-state index contributed by atoms with van der Waals surface area (Å²) in [7, 11) is 0. The minimum atomic E-state index is -0.799. The molecule has 1 unspecified atom stereocenters. The monoisotopic (exact) mass is 414 g/mol. The number of carbonyl (C=O) groups excluding carboxylic acids is 3. The van der Waals surface area contributed by atoms with Crippen molar-refractivity contribution >= 4 is 29.5 Å². The molecule has 0 heterocycles. The second-order valence-electron chi connectivity index (χ2n) is 6.37. The summed E-state index contributed by atoms with van der Waals surface area (Å²) in [5, 5.41) is 5.43. The number of amides is 2. The molecule has 0 saturated carbocycles. The maximum atomic E-state index is 12.4. The van der Waals surface area contributed by atoms with E-state index in [2.05, 4.69) is 10.6 Å². The van der Waals surface area contributed by atoms with Crippen LogP contribution in [0.4, 0.5) is 0 Å². The molecule has 0 bridgehead atoms. The van der Waals surface area contributed by atoms with Crippen LogP contribution in [0.15, 0.2) is 60.7 Å². The maximum Gasteiger partial charge on any atom is 0.329 e. The van der Waals surface area contributed by atoms with Crippen molar-refractivity contribution in [1.29, 1.82) is 0 Å². The van der Waals surface area contributed by atoms with Gasteiger partial charge in [0.2, 0.25) is 0 Å². The molecule has 0 aliphatic rings. The number of hydrogen-bond donors (Lipinski definition) is 2. The molecule has 2 aromatic carbocycles. The third-order valence-electron chi connectivity index (χ3n) is 4.16. The highest BCUT2D eigenvalue weighted by Gasteiger charge is 2.23. The van der Waals surface area contributed by atoms with E-state index in [0.717, 1.165) is 5.56 Å². The van der Waals surface area contributed by atoms with Crippen molar-refractivity contribution in [2.24, 2.45) is 0 Å². The fraction of sp³-hybridized carbons (Fsp3) is 0.318. The number of thioether (sulfide) groups is 1. The third kappa shape index (κ3) is 8.39. The highest BCUT2D eigenvalue weighted by atomic mass is 32.2. The van der Waals surface area contributed by atoms with Crippen LogP contribution in [0.3, 0.4) is 0 Å². The lowest BCUT2D eigenvalue weighted by molar-refractivity contribution is -0.150. The molecule has 29 heavy (non-hydrogen) atoms. The van der Waals surface area contributed by atoms with Crippen molar-refractivity contribution in [3.05, 3.63) is 71.8 Å². The number of rotatable bonds is 11. The van der Waals surface area contributed by atoms with Crippen LogP contribution in [0, 0.1) is 0 Å². The van der Waals surface area contributed by atoms with Crippen LogP contribution < -0.4 is 10.6 Å². The van der Waals surface area contributed by atoms with Crippen molar-refractivity contribution in [3.8, 4) is 0 Å². The number of benzene rings is 2. The van der Waals surface area contributed by atoms with Crippen LogP contribution in [0.25, 0.3) is 0 Å². The molecule has 2 rings (SSSR count). The van der Waals surface area contributed by atoms with Gasteiger partial charge in [-0.25, -0.2) is 4.79 Å². The Morgan fingerprint density at radius 1 is 1.00 bits per heavy atom. The lowest BCUT2D eigenvalue weighted by Gasteiger charge is -2.17. The normalized spacial score (nSPS) is 11.3. The van der Waals surface area contributed by atoms with E-state index in [4.69, 9.17) is 4.74 Å². The van der Waals surface area contributed by atoms with Crippen LogP contribution in [0.1, 0.15) is 22.3 Å². The van der Waals surface area contributed by atoms with Crippen LogP contribution in [0.2, 0.25) is 0 Å². The molecule has 6 nitrogen and oxygen atoms in total. The van der Waals surface area contributed by atoms with Crippen molar-refractivity contribution in [2.75, 3.05) is 25.2 Å². The molecule has 0 spiro atoms. The zero-order valence-electron chi connectivity index (χ0n) is 16.4. The summed E-state index contributed by atoms with van der Waals surface area (Å²) < 4.78 is 5.13. The first-order valence-electron chi connectivity index (χ1n) is 9.42. The topological polar surface area (TPSA) is 84.5 Å². The molecule has 0 fully saturated rings. The van der Waals surface area contributed by atoms with Gasteiger partial charge >= 0.3 is 5.97 Å². The minimum absolute atomic E-state index is 0.346. The molecular weight excluding hydrogens is 388 g/mol. The van der Waals surface area contributed by atoms with Crippen LogP contribution in [0.5, 0.6) is 0 Å². The molecule has 0 aliphatic carbocycles. The zero-order chi connectivity index (χ0) is 20.9. The number of nitrogens with one attached hydrogen (secondary N) is 2. The summed E-state index contributed by atoms with van der Waals surface area (Å²) >= 11 is 1.57. The SMILES string of the molecule is CSCCC(NC(=O)c1ccccc1)C(=O)OCC(=O)NCCc1ccccc1. The van der Waals surface area contributed by atoms with Crippen molar-refractivity contribution < 1.29 is 19.1 Å². The van der Waals surface area contributed by atoms with Crippen molar-refractivity contribution in [2.45, 2.75) is 18.9 Å². The van der Waals surface area contributed by atoms with Gasteiger partial charge in [-0.05, 0) is 42.5 Å². The lowest BCUT2D eigenvalue weighted by Crippen LogP contribution is -2.43. The highest BCUT2D eigenvalue weighted by Crippen LogP contribution is 2.06. The second-order valence-corrected chi connectivity index (χ2v) is 7.35. The Morgan fingerprint density at radius 2 is 1.66 bits per heavy atom. The van der Waals surface area contributed by atoms with Gasteiger partial charge in [0.05, 0.1) is 0 Å². The average Bonchev–Trinajstić information content (AvgIpc) is 2.76. The summed E-state index contributed by atoms with van der Waals surface area (Å²) in [6.07, 6.45) is 3.04. The minimum Gasteiger partial charge on any atom is -0.454 e. The fourth-order valence-corrected chi connectivity index (χ4v) is 3.07. The van der Waals surface area contributed by atoms with E-state index in [1.165, 1.54) is 0 Å². The molecule has 2 N–H and O–H groups in total. The molecule has 0 saturated heterocycles. The van der Waals surface area contributed by atoms with E-state index >= 15 is 0 Å². The summed E-state index contributed by atoms with van der Waals surface area (Å²) in [5.74, 6) is -0.646. The van der Waals surface area contributed by atoms with Gasteiger partial charge < -0.3 is 15.4 Å². The first-order chi connectivity index (χ1) is 14.1. The molecule has 154 valence electrons. The molecule has 1 atom stereocenters. The molecule has 0 aliphatic heterocycles. The van der Waals surface area contributed by atoms with Gasteiger partial charge in [0, 0.05) is 12.1 Å². The van der Waals surface area contributed by atoms with E-state index in [-0.39, 0.29) is 18.4 Å². The Morgan fingerprint density at radius 3 is 2.31 bits per heavy atom. The maximum absolute atomic E-state index is 12.4. The number of hydrogen-bond acceptors (Lipinski definition) is 5. The lowest BCUT2D eigenvalue weighted by atomic mass is 10.1. The summed E-state index contributed by atoms with van der Waals surface area (Å²) in [6, 6.07) is 17.7. The van der Waals surface area contributed by atoms with E-state index in [9.17, 15) is 14.4 Å². The average molecular weight is 415 g/mol. The number of ether oxygens (including phenoxy) is 1. The van der Waals surface area contributed by atoms with Gasteiger partial charge in [0.15, 0.2) is 6.61 Å². The van der Waals surface area contributed by atoms with Crippen LogP contribution >= 0.6 is 11.8 Å². The summed E-state index contributed by atoms with van der Waals surface area (Å²) in [4.78, 5) is 36.7. The Kier molecular flexibility index (Phi) is 9.78. The smallest absolute Gasteiger partial charge is 0.329 e. The quantitative estimate of drug-likeness (QED) is 0.552. The predicted octanol–water partition coefficient (Wildman–Crippen LogP) is 2.44. The second kappa shape index (κ2) is 12.6. The van der Waals surface area contributed by atoms with Crippen LogP contribution in [-0.4, -0.2) is 49.0 Å². The summed E-state index contributed by atoms with van der Waals surface area (Å²) in [6.45, 7) is 0.0889. The highest BCUT2D eigenvalue weighted by molar-refractivity contribution is 7.98. The molecule has 2 amide bonds. The zero-order valence-corrected chi connectivity index (χ0v) is 17.2. The molecule has 0 aromatic heterocycles. The Labute approximate surface area is 175 Å². The summed E-state index contributed by atoms with van der Waals surface area (Å²) in [5.41, 5.74) is 1.58. The van der Waals surface area contributed by atoms with E-state index in [1.807, 2.05) is 42.7 Å². The van der Waals surface area contributed by atoms with Crippen molar-refractivity contribution in [1.82, 2.24) is 10.6 Å². The van der Waals surface area contributed by atoms with E-state index in [0.29, 0.717) is 30.7 Å². The number of esters is 1. The third-order valence-corrected chi connectivity index (χ3v) is 4.80. The van der Waals surface area contributed by atoms with Gasteiger partial charge in [-0.1, -0.05) is 48.5 Å². The first kappa shape index (κ1) is 22.5.